The molecule has 0 aliphatic rings. The van der Waals surface area contributed by atoms with Crippen molar-refractivity contribution in [1.29, 1.82) is 0 Å². The van der Waals surface area contributed by atoms with E-state index in [1.54, 1.807) is 24.3 Å². The summed E-state index contributed by atoms with van der Waals surface area (Å²) < 4.78 is 2.78. The van der Waals surface area contributed by atoms with Crippen molar-refractivity contribution in [1.82, 2.24) is 0 Å². The van der Waals surface area contributed by atoms with Crippen LogP contribution in [-0.2, 0) is 6.54 Å². The molecule has 0 atom stereocenters. The van der Waals surface area contributed by atoms with Crippen LogP contribution in [0.4, 0.5) is 0 Å². The third kappa shape index (κ3) is 4.19. The van der Waals surface area contributed by atoms with Gasteiger partial charge in [0.25, 0.3) is 0 Å². The van der Waals surface area contributed by atoms with Gasteiger partial charge in [0, 0.05) is 16.7 Å². The molecule has 0 aliphatic heterocycles. The second-order valence-corrected chi connectivity index (χ2v) is 4.98. The minimum absolute atomic E-state index is 0. The number of ketones is 1. The Kier molecular flexibility index (Phi) is 5.99. The SMILES string of the molecule is O=C(C[n+]1cccc(Br)c1)c1ccc(Cl)cc1.[Br-]. The van der Waals surface area contributed by atoms with E-state index in [1.807, 2.05) is 29.1 Å². The topological polar surface area (TPSA) is 20.9 Å². The molecule has 0 spiro atoms. The van der Waals surface area contributed by atoms with E-state index in [9.17, 15) is 4.79 Å². The number of benzene rings is 1. The molecule has 1 aromatic heterocycles. The van der Waals surface area contributed by atoms with E-state index in [4.69, 9.17) is 11.6 Å². The molecule has 0 aliphatic carbocycles. The average Bonchev–Trinajstić information content (AvgIpc) is 2.29. The van der Waals surface area contributed by atoms with Gasteiger partial charge in [0.15, 0.2) is 12.4 Å². The predicted octanol–water partition coefficient (Wildman–Crippen LogP) is 0.277. The van der Waals surface area contributed by atoms with E-state index in [1.165, 1.54) is 0 Å². The first-order valence-electron chi connectivity index (χ1n) is 5.08. The van der Waals surface area contributed by atoms with Crippen LogP contribution in [0.25, 0.3) is 0 Å². The van der Waals surface area contributed by atoms with Gasteiger partial charge in [0.2, 0.25) is 12.3 Å². The Morgan fingerprint density at radius 3 is 2.50 bits per heavy atom. The zero-order valence-corrected chi connectivity index (χ0v) is 13.2. The Bertz CT molecular complexity index is 543. The second kappa shape index (κ2) is 7.02. The van der Waals surface area contributed by atoms with Crippen molar-refractivity contribution in [3.63, 3.8) is 0 Å². The lowest BCUT2D eigenvalue weighted by Crippen LogP contribution is -3.00. The third-order valence-corrected chi connectivity index (χ3v) is 3.04. The van der Waals surface area contributed by atoms with Crippen LogP contribution in [0.1, 0.15) is 10.4 Å². The van der Waals surface area contributed by atoms with Gasteiger partial charge >= 0.3 is 0 Å². The van der Waals surface area contributed by atoms with Gasteiger partial charge in [-0.25, -0.2) is 0 Å². The van der Waals surface area contributed by atoms with E-state index in [0.717, 1.165) is 4.47 Å². The molecular weight excluding hydrogens is 381 g/mol. The van der Waals surface area contributed by atoms with Gasteiger partial charge in [-0.1, -0.05) is 11.6 Å². The van der Waals surface area contributed by atoms with Crippen LogP contribution >= 0.6 is 27.5 Å². The van der Waals surface area contributed by atoms with Crippen molar-refractivity contribution in [3.05, 3.63) is 63.9 Å². The molecule has 0 fully saturated rings. The number of rotatable bonds is 3. The summed E-state index contributed by atoms with van der Waals surface area (Å²) in [6.07, 6.45) is 3.73. The Morgan fingerprint density at radius 1 is 1.22 bits per heavy atom. The highest BCUT2D eigenvalue weighted by molar-refractivity contribution is 9.10. The molecule has 0 amide bonds. The number of nitrogens with zero attached hydrogens (tertiary/aromatic N) is 1. The summed E-state index contributed by atoms with van der Waals surface area (Å²) in [7, 11) is 0. The molecule has 0 N–H and O–H groups in total. The molecule has 0 saturated heterocycles. The van der Waals surface area contributed by atoms with E-state index in [2.05, 4.69) is 15.9 Å². The minimum atomic E-state index is 0. The van der Waals surface area contributed by atoms with E-state index >= 15 is 0 Å². The number of halogens is 3. The molecule has 5 heteroatoms. The molecule has 0 radical (unpaired) electrons. The fourth-order valence-corrected chi connectivity index (χ4v) is 2.02. The summed E-state index contributed by atoms with van der Waals surface area (Å²) in [4.78, 5) is 12.0. The first kappa shape index (κ1) is 15.3. The summed E-state index contributed by atoms with van der Waals surface area (Å²) in [5.74, 6) is 0.0600. The van der Waals surface area contributed by atoms with Gasteiger partial charge in [-0.2, -0.15) is 4.57 Å². The summed E-state index contributed by atoms with van der Waals surface area (Å²) >= 11 is 9.14. The third-order valence-electron chi connectivity index (χ3n) is 2.31. The molecule has 2 rings (SSSR count). The van der Waals surface area contributed by atoms with E-state index < -0.39 is 0 Å². The molecule has 2 nitrogen and oxygen atoms in total. The average molecular weight is 391 g/mol. The normalized spacial score (nSPS) is 9.67. The second-order valence-electron chi connectivity index (χ2n) is 3.62. The Morgan fingerprint density at radius 2 is 1.89 bits per heavy atom. The van der Waals surface area contributed by atoms with Crippen molar-refractivity contribution in [2.45, 2.75) is 6.54 Å². The molecular formula is C13H10Br2ClNO. The lowest BCUT2D eigenvalue weighted by Gasteiger charge is -1.98. The van der Waals surface area contributed by atoms with Crippen LogP contribution in [0, 0.1) is 0 Å². The monoisotopic (exact) mass is 389 g/mol. The number of pyridine rings is 1. The molecule has 0 unspecified atom stereocenters. The maximum Gasteiger partial charge on any atom is 0.227 e. The maximum atomic E-state index is 12.0. The minimum Gasteiger partial charge on any atom is -1.00 e. The first-order chi connectivity index (χ1) is 8.15. The molecule has 1 heterocycles. The van der Waals surface area contributed by atoms with Crippen LogP contribution in [0.15, 0.2) is 53.3 Å². The summed E-state index contributed by atoms with van der Waals surface area (Å²) in [6, 6.07) is 10.7. The number of aromatic nitrogens is 1. The summed E-state index contributed by atoms with van der Waals surface area (Å²) in [5.41, 5.74) is 0.668. The molecule has 94 valence electrons. The van der Waals surface area contributed by atoms with Crippen LogP contribution in [0.2, 0.25) is 5.02 Å². The van der Waals surface area contributed by atoms with Gasteiger partial charge in [0.1, 0.15) is 0 Å². The smallest absolute Gasteiger partial charge is 0.227 e. The van der Waals surface area contributed by atoms with Gasteiger partial charge in [0.05, 0.1) is 4.47 Å². The number of Topliss-reactive ketones (excluding diaryl/α,β-unsaturated/α-hetero) is 1. The maximum absolute atomic E-state index is 12.0. The van der Waals surface area contributed by atoms with Crippen LogP contribution in [-0.4, -0.2) is 5.78 Å². The molecule has 2 aromatic rings. The number of carbonyl (C=O) groups excluding carboxylic acids is 1. The Labute approximate surface area is 129 Å². The van der Waals surface area contributed by atoms with Gasteiger partial charge < -0.3 is 17.0 Å². The van der Waals surface area contributed by atoms with Crippen molar-refractivity contribution in [2.24, 2.45) is 0 Å². The van der Waals surface area contributed by atoms with Crippen molar-refractivity contribution >= 4 is 33.3 Å². The fraction of sp³-hybridized carbons (Fsp3) is 0.0769. The van der Waals surface area contributed by atoms with Crippen molar-refractivity contribution in [3.8, 4) is 0 Å². The first-order valence-corrected chi connectivity index (χ1v) is 6.25. The molecule has 1 aromatic carbocycles. The Hall–Kier alpha value is -0.710. The van der Waals surface area contributed by atoms with Crippen LogP contribution in [0.5, 0.6) is 0 Å². The number of hydrogen-bond donors (Lipinski definition) is 0. The quantitative estimate of drug-likeness (QED) is 0.544. The van der Waals surface area contributed by atoms with Gasteiger partial charge in [-0.3, -0.25) is 4.79 Å². The molecule has 18 heavy (non-hydrogen) atoms. The lowest BCUT2D eigenvalue weighted by atomic mass is 10.1. The standard InChI is InChI=1S/C13H10BrClNO.BrH/c14-11-2-1-7-16(8-11)9-13(17)10-3-5-12(15)6-4-10;/h1-8H,9H2;1H/q+1;/p-1. The fourth-order valence-electron chi connectivity index (χ4n) is 1.48. The number of hydrogen-bond acceptors (Lipinski definition) is 1. The predicted molar refractivity (Wildman–Crippen MR) is 70.1 cm³/mol. The highest BCUT2D eigenvalue weighted by Crippen LogP contribution is 2.10. The Balaban J connectivity index is 0.00000162. The summed E-state index contributed by atoms with van der Waals surface area (Å²) in [6.45, 7) is 0.321. The zero-order valence-electron chi connectivity index (χ0n) is 9.32. The van der Waals surface area contributed by atoms with E-state index in [0.29, 0.717) is 17.1 Å². The molecule has 0 saturated carbocycles. The van der Waals surface area contributed by atoms with Crippen molar-refractivity contribution in [2.75, 3.05) is 0 Å². The highest BCUT2D eigenvalue weighted by Gasteiger charge is 2.11. The molecule has 0 bridgehead atoms. The lowest BCUT2D eigenvalue weighted by molar-refractivity contribution is -0.683. The highest BCUT2D eigenvalue weighted by atomic mass is 79.9. The summed E-state index contributed by atoms with van der Waals surface area (Å²) in [5, 5.41) is 0.636. The van der Waals surface area contributed by atoms with Crippen molar-refractivity contribution < 1.29 is 26.3 Å². The number of carbonyl (C=O) groups is 1. The zero-order chi connectivity index (χ0) is 12.3. The van der Waals surface area contributed by atoms with Gasteiger partial charge in [-0.15, -0.1) is 0 Å². The van der Waals surface area contributed by atoms with Gasteiger partial charge in [-0.05, 0) is 46.3 Å². The van der Waals surface area contributed by atoms with E-state index in [-0.39, 0.29) is 22.8 Å². The largest absolute Gasteiger partial charge is 1.00 e. The van der Waals surface area contributed by atoms with Crippen LogP contribution in [0.3, 0.4) is 0 Å². The van der Waals surface area contributed by atoms with Crippen LogP contribution < -0.4 is 21.5 Å².